The molecule has 3 aromatic carbocycles. The Labute approximate surface area is 214 Å². The summed E-state index contributed by atoms with van der Waals surface area (Å²) in [7, 11) is 0. The second kappa shape index (κ2) is 12.7. The molecule has 2 N–H and O–H groups in total. The van der Waals surface area contributed by atoms with E-state index in [1.165, 1.54) is 6.21 Å². The molecule has 0 bridgehead atoms. The Morgan fingerprint density at radius 2 is 1.58 bits per heavy atom. The van der Waals surface area contributed by atoms with E-state index in [9.17, 15) is 14.7 Å². The smallest absolute Gasteiger partial charge is 0.344 e. The third-order valence-corrected chi connectivity index (χ3v) is 5.34. The Kier molecular flexibility index (Phi) is 9.44. The summed E-state index contributed by atoms with van der Waals surface area (Å²) in [6.07, 6.45) is 1.36. The highest BCUT2D eigenvalue weighted by Gasteiger charge is 2.39. The third kappa shape index (κ3) is 6.41. The second-order valence-corrected chi connectivity index (χ2v) is 7.91. The maximum atomic E-state index is 13.2. The molecule has 3 rings (SSSR count). The normalized spacial score (nSPS) is 11.2. The van der Waals surface area contributed by atoms with Crippen molar-refractivity contribution in [2.75, 3.05) is 19.8 Å². The Balaban J connectivity index is 1.82. The molecule has 1 amide bonds. The molecule has 0 atom stereocenters. The fourth-order valence-corrected chi connectivity index (χ4v) is 3.71. The number of halogens is 1. The van der Waals surface area contributed by atoms with Gasteiger partial charge in [0.05, 0.1) is 24.5 Å². The molecule has 0 aliphatic carbocycles. The molecule has 8 nitrogen and oxygen atoms in total. The second-order valence-electron chi connectivity index (χ2n) is 7.50. The van der Waals surface area contributed by atoms with E-state index in [1.54, 1.807) is 86.6 Å². The molecule has 3 aromatic rings. The molecule has 0 aliphatic heterocycles. The number of carbonyl (C=O) groups is 2. The molecule has 0 saturated carbocycles. The average Bonchev–Trinajstić information content (AvgIpc) is 2.89. The first kappa shape index (κ1) is 26.7. The molecule has 0 aliphatic rings. The fraction of sp³-hybridized carbons (Fsp3) is 0.222. The van der Waals surface area contributed by atoms with Crippen LogP contribution in [-0.4, -0.2) is 43.0 Å². The van der Waals surface area contributed by atoms with E-state index in [4.69, 9.17) is 25.8 Å². The van der Waals surface area contributed by atoms with E-state index in [0.717, 1.165) is 0 Å². The summed E-state index contributed by atoms with van der Waals surface area (Å²) in [5.74, 6) is -0.780. The van der Waals surface area contributed by atoms with Crippen molar-refractivity contribution in [3.8, 4) is 11.5 Å². The topological polar surface area (TPSA) is 106 Å². The van der Waals surface area contributed by atoms with Crippen molar-refractivity contribution in [3.05, 3.63) is 94.5 Å². The molecule has 36 heavy (non-hydrogen) atoms. The molecule has 0 unspecified atom stereocenters. The number of ether oxygens (including phenoxy) is 3. The summed E-state index contributed by atoms with van der Waals surface area (Å²) >= 11 is 6.36. The summed E-state index contributed by atoms with van der Waals surface area (Å²) < 4.78 is 16.0. The van der Waals surface area contributed by atoms with Gasteiger partial charge >= 0.3 is 5.97 Å². The van der Waals surface area contributed by atoms with Crippen LogP contribution in [0.4, 0.5) is 0 Å². The molecular weight excluding hydrogens is 484 g/mol. The van der Waals surface area contributed by atoms with E-state index in [1.807, 2.05) is 0 Å². The minimum absolute atomic E-state index is 0.183. The van der Waals surface area contributed by atoms with Crippen LogP contribution in [-0.2, 0) is 19.9 Å². The number of carbonyl (C=O) groups excluding carboxylic acids is 2. The summed E-state index contributed by atoms with van der Waals surface area (Å²) in [5, 5.41) is 15.7. The van der Waals surface area contributed by atoms with E-state index in [0.29, 0.717) is 29.0 Å². The van der Waals surface area contributed by atoms with Crippen LogP contribution in [0, 0.1) is 0 Å². The van der Waals surface area contributed by atoms with Gasteiger partial charge in [-0.25, -0.2) is 10.2 Å². The standard InChI is InChI=1S/C27H27ClN2O6/c1-3-34-23-16-19(15-22(28)25(23)36-18-24(31)35-4-2)17-29-30-26(32)27(33,20-11-7-5-8-12-20)21-13-9-6-10-14-21/h5-17,33H,3-4,18H2,1-2H3,(H,30,32)/b29-17-. The first-order valence-corrected chi connectivity index (χ1v) is 11.7. The van der Waals surface area contributed by atoms with Crippen LogP contribution in [0.3, 0.4) is 0 Å². The van der Waals surface area contributed by atoms with Gasteiger partial charge in [-0.1, -0.05) is 72.3 Å². The van der Waals surface area contributed by atoms with Crippen molar-refractivity contribution in [3.63, 3.8) is 0 Å². The van der Waals surface area contributed by atoms with E-state index < -0.39 is 17.5 Å². The van der Waals surface area contributed by atoms with Gasteiger partial charge in [0, 0.05) is 0 Å². The van der Waals surface area contributed by atoms with Crippen LogP contribution in [0.2, 0.25) is 5.02 Å². The Hall–Kier alpha value is -3.88. The van der Waals surface area contributed by atoms with Crippen LogP contribution in [0.15, 0.2) is 77.9 Å². The summed E-state index contributed by atoms with van der Waals surface area (Å²) in [5.41, 5.74) is 1.74. The highest BCUT2D eigenvalue weighted by Crippen LogP contribution is 2.36. The lowest BCUT2D eigenvalue weighted by Gasteiger charge is -2.27. The van der Waals surface area contributed by atoms with Crippen molar-refractivity contribution in [2.45, 2.75) is 19.4 Å². The van der Waals surface area contributed by atoms with E-state index in [-0.39, 0.29) is 24.0 Å². The molecule has 0 saturated heterocycles. The van der Waals surface area contributed by atoms with Gasteiger partial charge in [-0.3, -0.25) is 4.79 Å². The Bertz CT molecular complexity index is 1160. The van der Waals surface area contributed by atoms with Gasteiger partial charge in [-0.2, -0.15) is 5.10 Å². The van der Waals surface area contributed by atoms with Crippen LogP contribution >= 0.6 is 11.6 Å². The van der Waals surface area contributed by atoms with Crippen LogP contribution in [0.1, 0.15) is 30.5 Å². The van der Waals surface area contributed by atoms with Crippen molar-refractivity contribution < 1.29 is 28.9 Å². The minimum Gasteiger partial charge on any atom is -0.490 e. The Morgan fingerprint density at radius 3 is 2.14 bits per heavy atom. The number of hydrazone groups is 1. The summed E-state index contributed by atoms with van der Waals surface area (Å²) in [6.45, 7) is 3.72. The highest BCUT2D eigenvalue weighted by molar-refractivity contribution is 6.32. The molecular formula is C27H27ClN2O6. The lowest BCUT2D eigenvalue weighted by atomic mass is 9.85. The van der Waals surface area contributed by atoms with Crippen molar-refractivity contribution in [1.82, 2.24) is 5.43 Å². The minimum atomic E-state index is -1.96. The number of esters is 1. The molecule has 9 heteroatoms. The maximum Gasteiger partial charge on any atom is 0.344 e. The predicted molar refractivity (Wildman–Crippen MR) is 136 cm³/mol. The van der Waals surface area contributed by atoms with E-state index in [2.05, 4.69) is 10.5 Å². The van der Waals surface area contributed by atoms with Gasteiger partial charge in [0.2, 0.25) is 0 Å². The Morgan fingerprint density at radius 1 is 0.972 bits per heavy atom. The van der Waals surface area contributed by atoms with E-state index >= 15 is 0 Å². The number of amides is 1. The lowest BCUT2D eigenvalue weighted by Crippen LogP contribution is -2.43. The monoisotopic (exact) mass is 510 g/mol. The number of nitrogens with zero attached hydrogens (tertiary/aromatic N) is 1. The zero-order chi connectivity index (χ0) is 26.0. The summed E-state index contributed by atoms with van der Waals surface area (Å²) in [6, 6.07) is 20.4. The first-order chi connectivity index (χ1) is 17.4. The third-order valence-electron chi connectivity index (χ3n) is 5.06. The molecule has 0 heterocycles. The SMILES string of the molecule is CCOC(=O)COc1c(Cl)cc(/C=N\NC(=O)C(O)(c2ccccc2)c2ccccc2)cc1OCC. The molecule has 0 radical (unpaired) electrons. The number of benzene rings is 3. The zero-order valence-electron chi connectivity index (χ0n) is 19.9. The largest absolute Gasteiger partial charge is 0.490 e. The number of rotatable bonds is 11. The first-order valence-electron chi connectivity index (χ1n) is 11.3. The molecule has 0 aromatic heterocycles. The average molecular weight is 511 g/mol. The van der Waals surface area contributed by atoms with Crippen molar-refractivity contribution in [2.24, 2.45) is 5.10 Å². The molecule has 188 valence electrons. The predicted octanol–water partition coefficient (Wildman–Crippen LogP) is 4.07. The summed E-state index contributed by atoms with van der Waals surface area (Å²) in [4.78, 5) is 24.8. The fourth-order valence-electron chi connectivity index (χ4n) is 3.43. The zero-order valence-corrected chi connectivity index (χ0v) is 20.7. The van der Waals surface area contributed by atoms with Crippen molar-refractivity contribution >= 4 is 29.7 Å². The molecule has 0 fully saturated rings. The lowest BCUT2D eigenvalue weighted by molar-refractivity contribution is -0.145. The van der Waals surface area contributed by atoms with Gasteiger partial charge < -0.3 is 19.3 Å². The van der Waals surface area contributed by atoms with Gasteiger partial charge in [-0.15, -0.1) is 0 Å². The number of hydrogen-bond donors (Lipinski definition) is 2. The van der Waals surface area contributed by atoms with Crippen LogP contribution in [0.5, 0.6) is 11.5 Å². The van der Waals surface area contributed by atoms with Gasteiger partial charge in [0.15, 0.2) is 23.7 Å². The highest BCUT2D eigenvalue weighted by atomic mass is 35.5. The van der Waals surface area contributed by atoms with Gasteiger partial charge in [-0.05, 0) is 42.7 Å². The number of aliphatic hydroxyl groups is 1. The van der Waals surface area contributed by atoms with Crippen LogP contribution in [0.25, 0.3) is 0 Å². The maximum absolute atomic E-state index is 13.2. The number of nitrogens with one attached hydrogen (secondary N) is 1. The number of hydrogen-bond acceptors (Lipinski definition) is 7. The molecule has 0 spiro atoms. The van der Waals surface area contributed by atoms with Crippen LogP contribution < -0.4 is 14.9 Å². The van der Waals surface area contributed by atoms with Crippen molar-refractivity contribution in [1.29, 1.82) is 0 Å². The van der Waals surface area contributed by atoms with Gasteiger partial charge in [0.25, 0.3) is 5.91 Å². The van der Waals surface area contributed by atoms with Gasteiger partial charge in [0.1, 0.15) is 0 Å². The quantitative estimate of drug-likeness (QED) is 0.229.